The zero-order valence-electron chi connectivity index (χ0n) is 7.13. The van der Waals surface area contributed by atoms with E-state index in [2.05, 4.69) is 0 Å². The number of aliphatic carboxylic acids is 1. The molecule has 0 amide bonds. The molecule has 0 aliphatic heterocycles. The molecule has 1 aromatic carbocycles. The van der Waals surface area contributed by atoms with Crippen LogP contribution in [0, 0.1) is 5.82 Å². The molecule has 3 nitrogen and oxygen atoms in total. The Morgan fingerprint density at radius 2 is 2.14 bits per heavy atom. The van der Waals surface area contributed by atoms with Gasteiger partial charge in [-0.3, -0.25) is 4.79 Å². The Balaban J connectivity index is 2.95. The summed E-state index contributed by atoms with van der Waals surface area (Å²) in [4.78, 5) is 10.3. The maximum Gasteiger partial charge on any atom is 0.303 e. The van der Waals surface area contributed by atoms with Crippen molar-refractivity contribution in [3.8, 4) is 5.75 Å². The van der Waals surface area contributed by atoms with Gasteiger partial charge in [-0.15, -0.1) is 0 Å². The Labute approximate surface area is 84.7 Å². The molecule has 0 radical (unpaired) electrons. The number of phenols is 1. The number of benzene rings is 1. The molecule has 0 atom stereocenters. The van der Waals surface area contributed by atoms with Crippen molar-refractivity contribution in [1.82, 2.24) is 0 Å². The van der Waals surface area contributed by atoms with Crippen LogP contribution in [-0.2, 0) is 11.2 Å². The Bertz CT molecular complexity index is 365. The summed E-state index contributed by atoms with van der Waals surface area (Å²) in [7, 11) is 0. The molecule has 0 unspecified atom stereocenters. The first-order valence-corrected chi connectivity index (χ1v) is 4.28. The number of hydrogen-bond acceptors (Lipinski definition) is 2. The van der Waals surface area contributed by atoms with Crippen molar-refractivity contribution in [2.24, 2.45) is 0 Å². The molecular weight excluding hydrogens is 211 g/mol. The van der Waals surface area contributed by atoms with E-state index in [1.165, 1.54) is 6.07 Å². The van der Waals surface area contributed by atoms with Crippen LogP contribution in [0.15, 0.2) is 12.1 Å². The lowest BCUT2D eigenvalue weighted by Crippen LogP contribution is -2.00. The van der Waals surface area contributed by atoms with Crippen molar-refractivity contribution in [2.75, 3.05) is 0 Å². The smallest absolute Gasteiger partial charge is 0.303 e. The standard InChI is InChI=1S/C9H8ClFO3/c10-6-2-3-7(12)9(11)5(6)1-4-8(13)14/h2-3,12H,1,4H2,(H,13,14). The molecule has 0 aliphatic rings. The van der Waals surface area contributed by atoms with E-state index in [0.29, 0.717) is 0 Å². The molecule has 5 heteroatoms. The van der Waals surface area contributed by atoms with E-state index < -0.39 is 17.5 Å². The molecule has 0 saturated heterocycles. The molecule has 0 spiro atoms. The van der Waals surface area contributed by atoms with E-state index >= 15 is 0 Å². The SMILES string of the molecule is O=C(O)CCc1c(Cl)ccc(O)c1F. The minimum Gasteiger partial charge on any atom is -0.505 e. The topological polar surface area (TPSA) is 57.5 Å². The fourth-order valence-electron chi connectivity index (χ4n) is 1.05. The van der Waals surface area contributed by atoms with Crippen molar-refractivity contribution in [3.05, 3.63) is 28.5 Å². The first-order chi connectivity index (χ1) is 6.52. The van der Waals surface area contributed by atoms with Crippen LogP contribution in [0.3, 0.4) is 0 Å². The molecule has 1 rings (SSSR count). The van der Waals surface area contributed by atoms with Crippen LogP contribution in [0.5, 0.6) is 5.75 Å². The number of carbonyl (C=O) groups is 1. The third-order valence-electron chi connectivity index (χ3n) is 1.75. The summed E-state index contributed by atoms with van der Waals surface area (Å²) in [6.07, 6.45) is -0.255. The second-order valence-corrected chi connectivity index (χ2v) is 3.16. The minimum absolute atomic E-state index is 0.0333. The van der Waals surface area contributed by atoms with E-state index in [9.17, 15) is 9.18 Å². The molecule has 76 valence electrons. The van der Waals surface area contributed by atoms with Gasteiger partial charge in [-0.1, -0.05) is 11.6 Å². The largest absolute Gasteiger partial charge is 0.505 e. The Hall–Kier alpha value is -1.29. The van der Waals surface area contributed by atoms with Crippen molar-refractivity contribution in [2.45, 2.75) is 12.8 Å². The van der Waals surface area contributed by atoms with Crippen LogP contribution in [0.25, 0.3) is 0 Å². The van der Waals surface area contributed by atoms with E-state index in [0.717, 1.165) is 6.07 Å². The van der Waals surface area contributed by atoms with Gasteiger partial charge in [0.2, 0.25) is 0 Å². The third-order valence-corrected chi connectivity index (χ3v) is 2.11. The highest BCUT2D eigenvalue weighted by Gasteiger charge is 2.12. The van der Waals surface area contributed by atoms with Crippen LogP contribution in [-0.4, -0.2) is 16.2 Å². The van der Waals surface area contributed by atoms with Crippen molar-refractivity contribution < 1.29 is 19.4 Å². The quantitative estimate of drug-likeness (QED) is 0.818. The second kappa shape index (κ2) is 4.28. The summed E-state index contributed by atoms with van der Waals surface area (Å²) < 4.78 is 13.2. The highest BCUT2D eigenvalue weighted by molar-refractivity contribution is 6.31. The number of carboxylic acids is 1. The zero-order valence-corrected chi connectivity index (χ0v) is 7.88. The first kappa shape index (κ1) is 10.8. The monoisotopic (exact) mass is 218 g/mol. The van der Waals surface area contributed by atoms with E-state index in [4.69, 9.17) is 21.8 Å². The number of halogens is 2. The average molecular weight is 219 g/mol. The van der Waals surface area contributed by atoms with Gasteiger partial charge in [0.15, 0.2) is 11.6 Å². The minimum atomic E-state index is -1.04. The third kappa shape index (κ3) is 2.35. The second-order valence-electron chi connectivity index (χ2n) is 2.75. The van der Waals surface area contributed by atoms with Gasteiger partial charge >= 0.3 is 5.97 Å². The zero-order chi connectivity index (χ0) is 10.7. The summed E-state index contributed by atoms with van der Waals surface area (Å²) in [5, 5.41) is 17.5. The van der Waals surface area contributed by atoms with Crippen LogP contribution in [0.1, 0.15) is 12.0 Å². The molecule has 0 saturated carbocycles. The molecule has 14 heavy (non-hydrogen) atoms. The lowest BCUT2D eigenvalue weighted by atomic mass is 10.1. The summed E-state index contributed by atoms with van der Waals surface area (Å²) in [5.41, 5.74) is 0.0362. The normalized spacial score (nSPS) is 10.1. The number of phenolic OH excluding ortho intramolecular Hbond substituents is 1. The van der Waals surface area contributed by atoms with E-state index in [1.807, 2.05) is 0 Å². The van der Waals surface area contributed by atoms with Crippen molar-refractivity contribution in [1.29, 1.82) is 0 Å². The number of carboxylic acid groups (broad SMARTS) is 1. The van der Waals surface area contributed by atoms with E-state index in [-0.39, 0.29) is 23.4 Å². The Morgan fingerprint density at radius 3 is 2.71 bits per heavy atom. The van der Waals surface area contributed by atoms with Gasteiger partial charge < -0.3 is 10.2 Å². The van der Waals surface area contributed by atoms with Gasteiger partial charge in [-0.05, 0) is 18.6 Å². The molecule has 0 heterocycles. The van der Waals surface area contributed by atoms with E-state index in [1.54, 1.807) is 0 Å². The molecule has 0 aromatic heterocycles. The molecule has 1 aromatic rings. The van der Waals surface area contributed by atoms with Gasteiger partial charge in [0.25, 0.3) is 0 Å². The van der Waals surface area contributed by atoms with Crippen molar-refractivity contribution >= 4 is 17.6 Å². The van der Waals surface area contributed by atoms with Crippen LogP contribution >= 0.6 is 11.6 Å². The molecular formula is C9H8ClFO3. The number of rotatable bonds is 3. The maximum atomic E-state index is 13.2. The summed E-state index contributed by atoms with van der Waals surface area (Å²) in [6.45, 7) is 0. The van der Waals surface area contributed by atoms with Gasteiger partial charge in [0.1, 0.15) is 0 Å². The van der Waals surface area contributed by atoms with Gasteiger partial charge in [0.05, 0.1) is 0 Å². The van der Waals surface area contributed by atoms with Gasteiger partial charge in [-0.2, -0.15) is 0 Å². The lowest BCUT2D eigenvalue weighted by Gasteiger charge is -2.05. The van der Waals surface area contributed by atoms with Crippen LogP contribution in [0.4, 0.5) is 4.39 Å². The molecule has 0 fully saturated rings. The molecule has 0 aliphatic carbocycles. The van der Waals surface area contributed by atoms with Crippen LogP contribution < -0.4 is 0 Å². The first-order valence-electron chi connectivity index (χ1n) is 3.90. The summed E-state index contributed by atoms with van der Waals surface area (Å²) >= 11 is 5.64. The Kier molecular flexibility index (Phi) is 3.30. The lowest BCUT2D eigenvalue weighted by molar-refractivity contribution is -0.136. The highest BCUT2D eigenvalue weighted by atomic mass is 35.5. The fourth-order valence-corrected chi connectivity index (χ4v) is 1.29. The summed E-state index contributed by atoms with van der Waals surface area (Å²) in [5.74, 6) is -2.41. The fraction of sp³-hybridized carbons (Fsp3) is 0.222. The van der Waals surface area contributed by atoms with Crippen molar-refractivity contribution in [3.63, 3.8) is 0 Å². The highest BCUT2D eigenvalue weighted by Crippen LogP contribution is 2.27. The number of hydrogen-bond donors (Lipinski definition) is 2. The van der Waals surface area contributed by atoms with Gasteiger partial charge in [-0.25, -0.2) is 4.39 Å². The number of aromatic hydroxyl groups is 1. The maximum absolute atomic E-state index is 13.2. The molecule has 0 bridgehead atoms. The predicted octanol–water partition coefficient (Wildman–Crippen LogP) is 2.20. The predicted molar refractivity (Wildman–Crippen MR) is 49.0 cm³/mol. The average Bonchev–Trinajstić information content (AvgIpc) is 2.11. The Morgan fingerprint density at radius 1 is 1.50 bits per heavy atom. The molecule has 2 N–H and O–H groups in total. The van der Waals surface area contributed by atoms with Gasteiger partial charge in [0, 0.05) is 17.0 Å². The summed E-state index contributed by atoms with van der Waals surface area (Å²) in [6, 6.07) is 2.46. The van der Waals surface area contributed by atoms with Crippen LogP contribution in [0.2, 0.25) is 5.02 Å².